The average molecular weight is 221 g/mol. The predicted octanol–water partition coefficient (Wildman–Crippen LogP) is 2.22. The maximum atomic E-state index is 13.0. The molecule has 82 valence electrons. The zero-order chi connectivity index (χ0) is 11.4. The number of benzene rings is 1. The Hall–Kier alpha value is -1.79. The van der Waals surface area contributed by atoms with Crippen molar-refractivity contribution in [3.8, 4) is 5.75 Å². The normalized spacial score (nSPS) is 10.1. The van der Waals surface area contributed by atoms with E-state index in [0.717, 1.165) is 0 Å². The van der Waals surface area contributed by atoms with Gasteiger partial charge in [0, 0.05) is 6.07 Å². The van der Waals surface area contributed by atoms with Crippen LogP contribution in [0.25, 0.3) is 0 Å². The molecule has 7 heteroatoms. The van der Waals surface area contributed by atoms with Crippen LogP contribution in [0.1, 0.15) is 0 Å². The van der Waals surface area contributed by atoms with Crippen LogP contribution in [-0.2, 0) is 0 Å². The summed E-state index contributed by atoms with van der Waals surface area (Å²) in [6.45, 7) is -1.30. The van der Waals surface area contributed by atoms with Gasteiger partial charge >= 0.3 is 5.69 Å². The van der Waals surface area contributed by atoms with Gasteiger partial charge in [0.25, 0.3) is 0 Å². The van der Waals surface area contributed by atoms with Crippen molar-refractivity contribution in [2.75, 3.05) is 13.3 Å². The topological polar surface area (TPSA) is 52.4 Å². The fourth-order valence-corrected chi connectivity index (χ4v) is 0.917. The molecule has 0 saturated heterocycles. The van der Waals surface area contributed by atoms with Crippen LogP contribution in [0, 0.1) is 21.7 Å². The molecule has 15 heavy (non-hydrogen) atoms. The highest BCUT2D eigenvalue weighted by Crippen LogP contribution is 2.26. The third kappa shape index (κ3) is 2.58. The highest BCUT2D eigenvalue weighted by Gasteiger charge is 2.19. The lowest BCUT2D eigenvalue weighted by molar-refractivity contribution is -0.387. The number of halogens is 3. The second kappa shape index (κ2) is 4.63. The van der Waals surface area contributed by atoms with E-state index in [1.54, 1.807) is 0 Å². The first kappa shape index (κ1) is 11.3. The molecule has 0 amide bonds. The van der Waals surface area contributed by atoms with E-state index in [1.807, 2.05) is 0 Å². The van der Waals surface area contributed by atoms with Gasteiger partial charge in [-0.1, -0.05) is 0 Å². The molecule has 0 N–H and O–H groups in total. The fraction of sp³-hybridized carbons (Fsp3) is 0.250. The molecule has 0 bridgehead atoms. The maximum Gasteiger partial charge on any atom is 0.307 e. The van der Waals surface area contributed by atoms with Crippen LogP contribution >= 0.6 is 0 Å². The van der Waals surface area contributed by atoms with Crippen LogP contribution in [0.5, 0.6) is 5.75 Å². The first-order valence-electron chi connectivity index (χ1n) is 3.88. The SMILES string of the molecule is O=[N+]([O-])c1cc(F)c(OCCF)cc1F. The minimum absolute atomic E-state index is 0.392. The molecule has 1 aromatic rings. The summed E-state index contributed by atoms with van der Waals surface area (Å²) < 4.78 is 42.1. The van der Waals surface area contributed by atoms with Gasteiger partial charge in [-0.05, 0) is 0 Å². The molecule has 0 aliphatic heterocycles. The molecule has 1 aromatic carbocycles. The second-order valence-corrected chi connectivity index (χ2v) is 2.53. The zero-order valence-electron chi connectivity index (χ0n) is 7.37. The smallest absolute Gasteiger partial charge is 0.307 e. The van der Waals surface area contributed by atoms with Crippen LogP contribution in [0.2, 0.25) is 0 Å². The minimum Gasteiger partial charge on any atom is -0.488 e. The third-order valence-corrected chi connectivity index (χ3v) is 1.53. The Bertz CT molecular complexity index is 384. The van der Waals surface area contributed by atoms with E-state index < -0.39 is 41.3 Å². The van der Waals surface area contributed by atoms with Crippen LogP contribution in [0.15, 0.2) is 12.1 Å². The molecular formula is C8H6F3NO3. The van der Waals surface area contributed by atoms with Gasteiger partial charge in [-0.3, -0.25) is 10.1 Å². The van der Waals surface area contributed by atoms with Gasteiger partial charge < -0.3 is 4.74 Å². The van der Waals surface area contributed by atoms with E-state index in [-0.39, 0.29) is 0 Å². The first-order valence-corrected chi connectivity index (χ1v) is 3.88. The van der Waals surface area contributed by atoms with Crippen molar-refractivity contribution in [2.45, 2.75) is 0 Å². The Morgan fingerprint density at radius 3 is 2.53 bits per heavy atom. The van der Waals surface area contributed by atoms with E-state index in [1.165, 1.54) is 0 Å². The summed E-state index contributed by atoms with van der Waals surface area (Å²) in [7, 11) is 0. The van der Waals surface area contributed by atoms with Crippen LogP contribution in [0.4, 0.5) is 18.9 Å². The minimum atomic E-state index is -1.23. The molecule has 0 heterocycles. The maximum absolute atomic E-state index is 13.0. The number of ether oxygens (including phenoxy) is 1. The monoisotopic (exact) mass is 221 g/mol. The molecule has 0 aliphatic carbocycles. The fourth-order valence-electron chi connectivity index (χ4n) is 0.917. The van der Waals surface area contributed by atoms with E-state index in [9.17, 15) is 23.3 Å². The number of nitrogens with zero attached hydrogens (tertiary/aromatic N) is 1. The van der Waals surface area contributed by atoms with Gasteiger partial charge in [-0.25, -0.2) is 8.78 Å². The number of nitro groups is 1. The molecule has 1 rings (SSSR count). The molecule has 0 radical (unpaired) electrons. The summed E-state index contributed by atoms with van der Waals surface area (Å²) >= 11 is 0. The largest absolute Gasteiger partial charge is 0.488 e. The Morgan fingerprint density at radius 2 is 2.00 bits per heavy atom. The molecule has 0 aromatic heterocycles. The van der Waals surface area contributed by atoms with Gasteiger partial charge in [0.15, 0.2) is 11.6 Å². The number of nitro benzene ring substituents is 1. The quantitative estimate of drug-likeness (QED) is 0.578. The predicted molar refractivity (Wildman–Crippen MR) is 44.5 cm³/mol. The number of hydrogen-bond acceptors (Lipinski definition) is 3. The standard InChI is InChI=1S/C8H6F3NO3/c9-1-2-15-8-4-5(10)7(12(13)14)3-6(8)11/h3-4H,1-2H2. The highest BCUT2D eigenvalue weighted by molar-refractivity contribution is 5.39. The molecule has 0 unspecified atom stereocenters. The second-order valence-electron chi connectivity index (χ2n) is 2.53. The van der Waals surface area contributed by atoms with Gasteiger partial charge in [-0.15, -0.1) is 0 Å². The van der Waals surface area contributed by atoms with Crippen molar-refractivity contribution in [1.29, 1.82) is 0 Å². The van der Waals surface area contributed by atoms with Gasteiger partial charge in [0.1, 0.15) is 13.3 Å². The lowest BCUT2D eigenvalue weighted by Crippen LogP contribution is -2.02. The Kier molecular flexibility index (Phi) is 3.48. The molecule has 4 nitrogen and oxygen atoms in total. The first-order chi connectivity index (χ1) is 7.06. The molecule has 0 saturated carbocycles. The Morgan fingerprint density at radius 1 is 1.33 bits per heavy atom. The van der Waals surface area contributed by atoms with Gasteiger partial charge in [-0.2, -0.15) is 4.39 Å². The van der Waals surface area contributed by atoms with Crippen LogP contribution in [-0.4, -0.2) is 18.2 Å². The lowest BCUT2D eigenvalue weighted by atomic mass is 10.3. The van der Waals surface area contributed by atoms with Crippen molar-refractivity contribution in [3.63, 3.8) is 0 Å². The molecule has 0 aliphatic rings. The molecule has 0 atom stereocenters. The third-order valence-electron chi connectivity index (χ3n) is 1.53. The Balaban J connectivity index is 3.02. The number of rotatable bonds is 4. The van der Waals surface area contributed by atoms with Crippen molar-refractivity contribution < 1.29 is 22.8 Å². The summed E-state index contributed by atoms with van der Waals surface area (Å²) in [5.74, 6) is -2.87. The average Bonchev–Trinajstić information content (AvgIpc) is 2.18. The van der Waals surface area contributed by atoms with Crippen LogP contribution in [0.3, 0.4) is 0 Å². The van der Waals surface area contributed by atoms with E-state index in [4.69, 9.17) is 0 Å². The van der Waals surface area contributed by atoms with E-state index in [0.29, 0.717) is 12.1 Å². The van der Waals surface area contributed by atoms with Crippen molar-refractivity contribution >= 4 is 5.69 Å². The summed E-state index contributed by atoms with van der Waals surface area (Å²) in [6.07, 6.45) is 0. The van der Waals surface area contributed by atoms with E-state index in [2.05, 4.69) is 4.74 Å². The molecule has 0 spiro atoms. The summed E-state index contributed by atoms with van der Waals surface area (Å²) in [5.41, 5.74) is -0.986. The van der Waals surface area contributed by atoms with Crippen molar-refractivity contribution in [3.05, 3.63) is 33.9 Å². The van der Waals surface area contributed by atoms with Crippen molar-refractivity contribution in [2.24, 2.45) is 0 Å². The lowest BCUT2D eigenvalue weighted by Gasteiger charge is -2.04. The van der Waals surface area contributed by atoms with Crippen molar-refractivity contribution in [1.82, 2.24) is 0 Å². The summed E-state index contributed by atoms with van der Waals surface area (Å²) in [5, 5.41) is 10.2. The van der Waals surface area contributed by atoms with Crippen LogP contribution < -0.4 is 4.74 Å². The van der Waals surface area contributed by atoms with Gasteiger partial charge in [0.2, 0.25) is 5.82 Å². The van der Waals surface area contributed by atoms with Gasteiger partial charge in [0.05, 0.1) is 11.0 Å². The highest BCUT2D eigenvalue weighted by atomic mass is 19.1. The zero-order valence-corrected chi connectivity index (χ0v) is 7.37. The molecule has 0 fully saturated rings. The number of alkyl halides is 1. The Labute approximate surface area is 82.4 Å². The number of hydrogen-bond donors (Lipinski definition) is 0. The summed E-state index contributed by atoms with van der Waals surface area (Å²) in [6, 6.07) is 0.909. The van der Waals surface area contributed by atoms with E-state index >= 15 is 0 Å². The molecular weight excluding hydrogens is 215 g/mol. The summed E-state index contributed by atoms with van der Waals surface area (Å²) in [4.78, 5) is 9.14.